The monoisotopic (exact) mass is 449 g/mol. The first kappa shape index (κ1) is 21.9. The Balaban J connectivity index is 1.45. The van der Waals surface area contributed by atoms with Crippen LogP contribution in [0.4, 0.5) is 5.95 Å². The van der Waals surface area contributed by atoms with Gasteiger partial charge in [-0.2, -0.15) is 4.98 Å². The number of anilines is 1. The summed E-state index contributed by atoms with van der Waals surface area (Å²) in [7, 11) is 4.65. The number of hydrogen-bond acceptors (Lipinski definition) is 7. The number of aromatic nitrogens is 3. The molecule has 170 valence electrons. The predicted octanol–water partition coefficient (Wildman–Crippen LogP) is 2.49. The first-order chi connectivity index (χ1) is 16.0. The van der Waals surface area contributed by atoms with Crippen molar-refractivity contribution in [2.24, 2.45) is 0 Å². The minimum absolute atomic E-state index is 0.102. The number of methoxy groups -OCH3 is 3. The van der Waals surface area contributed by atoms with Crippen molar-refractivity contribution >= 4 is 23.8 Å². The van der Waals surface area contributed by atoms with Gasteiger partial charge in [-0.3, -0.25) is 20.0 Å². The number of fused-ring (bicyclic) bond motifs is 1. The van der Waals surface area contributed by atoms with Gasteiger partial charge in [0.05, 0.1) is 33.3 Å². The fraction of sp³-hybridized carbons (Fsp3) is 0.217. The van der Waals surface area contributed by atoms with E-state index in [9.17, 15) is 9.59 Å². The third kappa shape index (κ3) is 4.64. The van der Waals surface area contributed by atoms with Crippen molar-refractivity contribution in [3.63, 3.8) is 0 Å². The lowest BCUT2D eigenvalue weighted by Crippen LogP contribution is -2.34. The van der Waals surface area contributed by atoms with Crippen molar-refractivity contribution in [2.75, 3.05) is 33.2 Å². The van der Waals surface area contributed by atoms with Crippen LogP contribution in [0.5, 0.6) is 17.2 Å². The summed E-state index contributed by atoms with van der Waals surface area (Å²) in [4.78, 5) is 31.0. The van der Waals surface area contributed by atoms with Gasteiger partial charge in [0.2, 0.25) is 17.8 Å². The zero-order valence-electron chi connectivity index (χ0n) is 18.4. The average Bonchev–Trinajstić information content (AvgIpc) is 3.23. The maximum atomic E-state index is 12.7. The van der Waals surface area contributed by atoms with E-state index in [1.54, 1.807) is 44.7 Å². The predicted molar refractivity (Wildman–Crippen MR) is 121 cm³/mol. The summed E-state index contributed by atoms with van der Waals surface area (Å²) in [6.45, 7) is -0.184. The van der Waals surface area contributed by atoms with Gasteiger partial charge in [0.15, 0.2) is 17.3 Å². The molecule has 0 atom stereocenters. The third-order valence-electron chi connectivity index (χ3n) is 5.15. The fourth-order valence-electron chi connectivity index (χ4n) is 3.50. The number of aromatic amines is 1. The number of carbonyl (C=O) groups is 2. The summed E-state index contributed by atoms with van der Waals surface area (Å²) >= 11 is 0. The van der Waals surface area contributed by atoms with Crippen molar-refractivity contribution in [1.82, 2.24) is 20.1 Å². The van der Waals surface area contributed by atoms with Crippen LogP contribution in [0.1, 0.15) is 11.1 Å². The second kappa shape index (κ2) is 9.43. The second-order valence-electron chi connectivity index (χ2n) is 7.18. The van der Waals surface area contributed by atoms with E-state index >= 15 is 0 Å². The number of nitrogens with one attached hydrogen (secondary N) is 2. The Bertz CT molecular complexity index is 1220. The Morgan fingerprint density at radius 2 is 1.82 bits per heavy atom. The molecule has 0 fully saturated rings. The molecular formula is C23H23N5O5. The summed E-state index contributed by atoms with van der Waals surface area (Å²) < 4.78 is 16.0. The Morgan fingerprint density at radius 3 is 2.58 bits per heavy atom. The van der Waals surface area contributed by atoms with Gasteiger partial charge in [0, 0.05) is 6.20 Å². The molecule has 0 bridgehead atoms. The zero-order valence-corrected chi connectivity index (χ0v) is 18.4. The van der Waals surface area contributed by atoms with E-state index in [4.69, 9.17) is 14.2 Å². The van der Waals surface area contributed by atoms with Crippen molar-refractivity contribution in [1.29, 1.82) is 0 Å². The number of nitrogens with zero attached hydrogens (tertiary/aromatic N) is 3. The van der Waals surface area contributed by atoms with Crippen LogP contribution >= 0.6 is 0 Å². The molecule has 10 heteroatoms. The summed E-state index contributed by atoms with van der Waals surface area (Å²) in [5.41, 5.74) is 2.31. The Morgan fingerprint density at radius 1 is 1.09 bits per heavy atom. The largest absolute Gasteiger partial charge is 0.496 e. The molecule has 0 saturated heterocycles. The molecule has 4 rings (SSSR count). The quantitative estimate of drug-likeness (QED) is 0.569. The third-order valence-corrected chi connectivity index (χ3v) is 5.15. The number of rotatable bonds is 7. The van der Waals surface area contributed by atoms with Gasteiger partial charge in [0.25, 0.3) is 0 Å². The first-order valence-corrected chi connectivity index (χ1v) is 10.1. The number of benzene rings is 2. The van der Waals surface area contributed by atoms with Crippen molar-refractivity contribution in [3.8, 4) is 28.6 Å². The lowest BCUT2D eigenvalue weighted by Gasteiger charge is -2.16. The average molecular weight is 449 g/mol. The van der Waals surface area contributed by atoms with Crippen LogP contribution in [0.2, 0.25) is 0 Å². The fourth-order valence-corrected chi connectivity index (χ4v) is 3.50. The highest BCUT2D eigenvalue weighted by atomic mass is 16.5. The van der Waals surface area contributed by atoms with Gasteiger partial charge in [-0.1, -0.05) is 12.1 Å². The van der Waals surface area contributed by atoms with Gasteiger partial charge in [-0.05, 0) is 41.5 Å². The Labute approximate surface area is 190 Å². The van der Waals surface area contributed by atoms with Crippen LogP contribution in [0, 0.1) is 0 Å². The molecule has 2 N–H and O–H groups in total. The lowest BCUT2D eigenvalue weighted by atomic mass is 10.0. The summed E-state index contributed by atoms with van der Waals surface area (Å²) in [6, 6.07) is 10.9. The molecule has 0 saturated carbocycles. The normalized spacial score (nSPS) is 12.7. The van der Waals surface area contributed by atoms with Crippen LogP contribution in [0.3, 0.4) is 0 Å². The summed E-state index contributed by atoms with van der Waals surface area (Å²) in [5, 5.41) is 9.43. The highest BCUT2D eigenvalue weighted by Gasteiger charge is 2.22. The van der Waals surface area contributed by atoms with Crippen molar-refractivity contribution in [2.45, 2.75) is 6.42 Å². The van der Waals surface area contributed by atoms with E-state index in [0.29, 0.717) is 28.6 Å². The lowest BCUT2D eigenvalue weighted by molar-refractivity contribution is -0.131. The van der Waals surface area contributed by atoms with Crippen LogP contribution < -0.4 is 19.5 Å². The van der Waals surface area contributed by atoms with Crippen LogP contribution in [-0.2, 0) is 16.0 Å². The maximum absolute atomic E-state index is 12.7. The van der Waals surface area contributed by atoms with E-state index < -0.39 is 5.91 Å². The molecule has 33 heavy (non-hydrogen) atoms. The number of H-pyrrole nitrogens is 1. The highest BCUT2D eigenvalue weighted by molar-refractivity contribution is 5.95. The minimum Gasteiger partial charge on any atom is -0.496 e. The van der Waals surface area contributed by atoms with Crippen LogP contribution in [0.15, 0.2) is 42.6 Å². The summed E-state index contributed by atoms with van der Waals surface area (Å²) in [5.74, 6) is 1.63. The van der Waals surface area contributed by atoms with E-state index in [2.05, 4.69) is 20.5 Å². The molecule has 3 aromatic rings. The standard InChI is InChI=1S/C23H23N5O5/c1-31-17-7-5-4-6-16(17)22-25-23(27-26-22)24-20(29)13-28-9-8-14-10-18(32-2)19(33-3)11-15(14)12-21(28)30/h4-11H,12-13H2,1-3H3,(H2,24,25,26,27,29). The van der Waals surface area contributed by atoms with Gasteiger partial charge < -0.3 is 19.1 Å². The maximum Gasteiger partial charge on any atom is 0.249 e. The zero-order chi connectivity index (χ0) is 23.4. The molecule has 0 unspecified atom stereocenters. The van der Waals surface area contributed by atoms with E-state index in [1.807, 2.05) is 18.2 Å². The smallest absolute Gasteiger partial charge is 0.249 e. The van der Waals surface area contributed by atoms with Gasteiger partial charge in [-0.25, -0.2) is 0 Å². The van der Waals surface area contributed by atoms with E-state index in [-0.39, 0.29) is 24.8 Å². The van der Waals surface area contributed by atoms with Gasteiger partial charge in [0.1, 0.15) is 12.3 Å². The number of para-hydroxylation sites is 1. The molecule has 2 aromatic carbocycles. The summed E-state index contributed by atoms with van der Waals surface area (Å²) in [6.07, 6.45) is 3.47. The SMILES string of the molecule is COc1cc2c(cc1OC)CC(=O)N(CC(=O)Nc1n[nH]c(-c3ccccc3OC)n1)C=C2. The highest BCUT2D eigenvalue weighted by Crippen LogP contribution is 2.33. The Hall–Kier alpha value is -4.34. The molecule has 1 aromatic heterocycles. The molecule has 1 aliphatic rings. The topological polar surface area (TPSA) is 119 Å². The molecular weight excluding hydrogens is 426 g/mol. The number of hydrogen-bond donors (Lipinski definition) is 2. The number of ether oxygens (including phenoxy) is 3. The van der Waals surface area contributed by atoms with E-state index in [1.165, 1.54) is 12.0 Å². The van der Waals surface area contributed by atoms with Gasteiger partial charge >= 0.3 is 0 Å². The second-order valence-corrected chi connectivity index (χ2v) is 7.18. The van der Waals surface area contributed by atoms with E-state index in [0.717, 1.165) is 11.1 Å². The van der Waals surface area contributed by atoms with Gasteiger partial charge in [-0.15, -0.1) is 5.10 Å². The van der Waals surface area contributed by atoms with Crippen molar-refractivity contribution in [3.05, 3.63) is 53.7 Å². The number of carbonyl (C=O) groups excluding carboxylic acids is 2. The Kier molecular flexibility index (Phi) is 6.25. The molecule has 0 aliphatic carbocycles. The molecule has 2 amide bonds. The van der Waals surface area contributed by atoms with Crippen molar-refractivity contribution < 1.29 is 23.8 Å². The number of amides is 2. The van der Waals surface area contributed by atoms with Crippen LogP contribution in [-0.4, -0.2) is 59.8 Å². The minimum atomic E-state index is -0.431. The van der Waals surface area contributed by atoms with Crippen LogP contribution in [0.25, 0.3) is 17.5 Å². The molecule has 0 radical (unpaired) electrons. The molecule has 1 aliphatic heterocycles. The molecule has 0 spiro atoms. The first-order valence-electron chi connectivity index (χ1n) is 10.1. The molecule has 10 nitrogen and oxygen atoms in total. The molecule has 2 heterocycles.